The Morgan fingerprint density at radius 3 is 2.71 bits per heavy atom. The van der Waals surface area contributed by atoms with Crippen LogP contribution in [0, 0.1) is 6.92 Å². The van der Waals surface area contributed by atoms with Gasteiger partial charge in [0.25, 0.3) is 0 Å². The summed E-state index contributed by atoms with van der Waals surface area (Å²) in [5.41, 5.74) is 3.60. The summed E-state index contributed by atoms with van der Waals surface area (Å²) in [6.07, 6.45) is 5.19. The molecule has 3 rings (SSSR count). The van der Waals surface area contributed by atoms with Crippen molar-refractivity contribution in [2.75, 3.05) is 0 Å². The fraction of sp³-hybridized carbons (Fsp3) is 0.188. The second-order valence-electron chi connectivity index (χ2n) is 5.02. The minimum atomic E-state index is -0.928. The van der Waals surface area contributed by atoms with Gasteiger partial charge in [0.15, 0.2) is 0 Å². The lowest BCUT2D eigenvalue weighted by atomic mass is 9.96. The molecule has 0 spiro atoms. The van der Waals surface area contributed by atoms with Crippen LogP contribution in [0.25, 0.3) is 5.52 Å². The number of carboxylic acid groups (broad SMARTS) is 1. The van der Waals surface area contributed by atoms with Crippen LogP contribution in [0.1, 0.15) is 40.0 Å². The molecule has 3 aromatic rings. The third-order valence-electron chi connectivity index (χ3n) is 3.80. The van der Waals surface area contributed by atoms with Gasteiger partial charge in [0.1, 0.15) is 0 Å². The third kappa shape index (κ3) is 2.07. The van der Waals surface area contributed by atoms with E-state index in [1.165, 1.54) is 0 Å². The molecule has 3 heterocycles. The van der Waals surface area contributed by atoms with Crippen LogP contribution in [0.15, 0.2) is 42.9 Å². The average Bonchev–Trinajstić information content (AvgIpc) is 2.79. The molecular weight excluding hydrogens is 266 g/mol. The second kappa shape index (κ2) is 5.01. The lowest BCUT2D eigenvalue weighted by Gasteiger charge is -2.12. The fourth-order valence-electron chi connectivity index (χ4n) is 2.80. The highest BCUT2D eigenvalue weighted by Gasteiger charge is 2.24. The zero-order valence-electron chi connectivity index (χ0n) is 11.8. The number of pyridine rings is 1. The first-order valence-electron chi connectivity index (χ1n) is 6.70. The van der Waals surface area contributed by atoms with Crippen molar-refractivity contribution in [3.05, 3.63) is 65.2 Å². The SMILES string of the molecule is Cc1c(C(=O)O)c2cccnn2c1C(C)c1cccnc1. The van der Waals surface area contributed by atoms with Crippen LogP contribution in [-0.4, -0.2) is 25.7 Å². The Bertz CT molecular complexity index is 809. The van der Waals surface area contributed by atoms with Crippen LogP contribution < -0.4 is 0 Å². The molecule has 5 nitrogen and oxygen atoms in total. The molecule has 0 saturated carbocycles. The van der Waals surface area contributed by atoms with Gasteiger partial charge in [-0.1, -0.05) is 13.0 Å². The largest absolute Gasteiger partial charge is 0.478 e. The van der Waals surface area contributed by atoms with E-state index >= 15 is 0 Å². The fourth-order valence-corrected chi connectivity index (χ4v) is 2.80. The predicted molar refractivity (Wildman–Crippen MR) is 78.6 cm³/mol. The smallest absolute Gasteiger partial charge is 0.338 e. The minimum absolute atomic E-state index is 0.00852. The van der Waals surface area contributed by atoms with Gasteiger partial charge in [0.2, 0.25) is 0 Å². The summed E-state index contributed by atoms with van der Waals surface area (Å²) in [5, 5.41) is 13.8. The van der Waals surface area contributed by atoms with Crippen molar-refractivity contribution in [2.45, 2.75) is 19.8 Å². The number of carboxylic acids is 1. The molecule has 0 radical (unpaired) electrons. The summed E-state index contributed by atoms with van der Waals surface area (Å²) >= 11 is 0. The standard InChI is InChI=1S/C16H15N3O2/c1-10(12-5-3-7-17-9-12)15-11(2)14(16(20)21)13-6-4-8-18-19(13)15/h3-10H,1-2H3,(H,20,21). The molecule has 1 unspecified atom stereocenters. The Hall–Kier alpha value is -2.69. The van der Waals surface area contributed by atoms with Crippen LogP contribution in [0.3, 0.4) is 0 Å². The maximum atomic E-state index is 11.6. The van der Waals surface area contributed by atoms with Gasteiger partial charge in [0.05, 0.1) is 16.8 Å². The second-order valence-corrected chi connectivity index (χ2v) is 5.02. The van der Waals surface area contributed by atoms with Crippen LogP contribution in [0.5, 0.6) is 0 Å². The molecule has 0 fully saturated rings. The quantitative estimate of drug-likeness (QED) is 0.801. The Balaban J connectivity index is 2.28. The van der Waals surface area contributed by atoms with Gasteiger partial charge in [-0.2, -0.15) is 5.10 Å². The Morgan fingerprint density at radius 2 is 2.05 bits per heavy atom. The Kier molecular flexibility index (Phi) is 3.17. The van der Waals surface area contributed by atoms with Crippen molar-refractivity contribution >= 4 is 11.5 Å². The van der Waals surface area contributed by atoms with Crippen molar-refractivity contribution in [2.24, 2.45) is 0 Å². The minimum Gasteiger partial charge on any atom is -0.478 e. The molecule has 0 bridgehead atoms. The van der Waals surface area contributed by atoms with Crippen molar-refractivity contribution in [1.82, 2.24) is 14.6 Å². The Labute approximate surface area is 121 Å². The number of nitrogens with zero attached hydrogens (tertiary/aromatic N) is 3. The first kappa shape index (κ1) is 13.3. The number of hydrogen-bond acceptors (Lipinski definition) is 3. The molecule has 5 heteroatoms. The summed E-state index contributed by atoms with van der Waals surface area (Å²) < 4.78 is 1.72. The summed E-state index contributed by atoms with van der Waals surface area (Å²) in [4.78, 5) is 15.7. The van der Waals surface area contributed by atoms with Crippen LogP contribution in [-0.2, 0) is 0 Å². The number of rotatable bonds is 3. The van der Waals surface area contributed by atoms with E-state index in [9.17, 15) is 9.90 Å². The van der Waals surface area contributed by atoms with E-state index in [0.29, 0.717) is 11.1 Å². The number of hydrogen-bond donors (Lipinski definition) is 1. The highest BCUT2D eigenvalue weighted by molar-refractivity contribution is 5.98. The van der Waals surface area contributed by atoms with Gasteiger partial charge in [-0.15, -0.1) is 0 Å². The first-order valence-corrected chi connectivity index (χ1v) is 6.70. The van der Waals surface area contributed by atoms with Crippen molar-refractivity contribution < 1.29 is 9.90 Å². The third-order valence-corrected chi connectivity index (χ3v) is 3.80. The number of fused-ring (bicyclic) bond motifs is 1. The van der Waals surface area contributed by atoms with Crippen LogP contribution >= 0.6 is 0 Å². The molecule has 0 aliphatic rings. The van der Waals surface area contributed by atoms with E-state index in [1.807, 2.05) is 26.0 Å². The number of aromatic carboxylic acids is 1. The van der Waals surface area contributed by atoms with E-state index in [1.54, 1.807) is 35.2 Å². The van der Waals surface area contributed by atoms with E-state index in [-0.39, 0.29) is 5.92 Å². The van der Waals surface area contributed by atoms with Gasteiger partial charge in [-0.05, 0) is 36.2 Å². The maximum Gasteiger partial charge on any atom is 0.338 e. The van der Waals surface area contributed by atoms with E-state index in [4.69, 9.17) is 0 Å². The molecule has 0 aliphatic carbocycles. The van der Waals surface area contributed by atoms with Crippen molar-refractivity contribution in [1.29, 1.82) is 0 Å². The van der Waals surface area contributed by atoms with E-state index in [0.717, 1.165) is 16.8 Å². The van der Waals surface area contributed by atoms with Crippen molar-refractivity contribution in [3.63, 3.8) is 0 Å². The summed E-state index contributed by atoms with van der Waals surface area (Å²) in [7, 11) is 0. The van der Waals surface area contributed by atoms with E-state index < -0.39 is 5.97 Å². The molecule has 0 amide bonds. The number of aromatic nitrogens is 3. The maximum absolute atomic E-state index is 11.6. The molecule has 3 aromatic heterocycles. The average molecular weight is 281 g/mol. The molecular formula is C16H15N3O2. The van der Waals surface area contributed by atoms with E-state index in [2.05, 4.69) is 10.1 Å². The van der Waals surface area contributed by atoms with Gasteiger partial charge >= 0.3 is 5.97 Å². The Morgan fingerprint density at radius 1 is 1.29 bits per heavy atom. The molecule has 21 heavy (non-hydrogen) atoms. The monoisotopic (exact) mass is 281 g/mol. The zero-order valence-corrected chi connectivity index (χ0v) is 11.8. The van der Waals surface area contributed by atoms with Gasteiger partial charge in [0, 0.05) is 24.5 Å². The molecule has 106 valence electrons. The molecule has 0 aliphatic heterocycles. The van der Waals surface area contributed by atoms with Crippen LogP contribution in [0.2, 0.25) is 0 Å². The highest BCUT2D eigenvalue weighted by Crippen LogP contribution is 2.31. The molecule has 1 N–H and O–H groups in total. The first-order chi connectivity index (χ1) is 10.1. The summed E-state index contributed by atoms with van der Waals surface area (Å²) in [6, 6.07) is 7.39. The number of carbonyl (C=O) groups is 1. The summed E-state index contributed by atoms with van der Waals surface area (Å²) in [5.74, 6) is -0.920. The van der Waals surface area contributed by atoms with Gasteiger partial charge < -0.3 is 5.11 Å². The lowest BCUT2D eigenvalue weighted by molar-refractivity contribution is 0.0698. The van der Waals surface area contributed by atoms with Crippen LogP contribution in [0.4, 0.5) is 0 Å². The zero-order chi connectivity index (χ0) is 15.0. The normalized spacial score (nSPS) is 12.5. The molecule has 0 saturated heterocycles. The van der Waals surface area contributed by atoms with Gasteiger partial charge in [-0.25, -0.2) is 9.31 Å². The lowest BCUT2D eigenvalue weighted by Crippen LogP contribution is -2.04. The summed E-state index contributed by atoms with van der Waals surface area (Å²) in [6.45, 7) is 3.87. The van der Waals surface area contributed by atoms with Crippen molar-refractivity contribution in [3.8, 4) is 0 Å². The predicted octanol–water partition coefficient (Wildman–Crippen LogP) is 2.89. The molecule has 0 aromatic carbocycles. The molecule has 1 atom stereocenters. The highest BCUT2D eigenvalue weighted by atomic mass is 16.4. The topological polar surface area (TPSA) is 67.5 Å². The van der Waals surface area contributed by atoms with Gasteiger partial charge in [-0.3, -0.25) is 4.98 Å².